The number of aliphatic imine (C=N–C) groups is 1. The van der Waals surface area contributed by atoms with E-state index >= 15 is 0 Å². The van der Waals surface area contributed by atoms with E-state index < -0.39 is 0 Å². The molecule has 1 saturated heterocycles. The third-order valence-electron chi connectivity index (χ3n) is 4.51. The van der Waals surface area contributed by atoms with Crippen LogP contribution in [0.2, 0.25) is 0 Å². The fraction of sp³-hybridized carbons (Fsp3) is 0.706. The normalized spacial score (nSPS) is 18.8. The molecule has 5 nitrogen and oxygen atoms in total. The molecule has 23 heavy (non-hydrogen) atoms. The van der Waals surface area contributed by atoms with Crippen LogP contribution in [-0.2, 0) is 6.42 Å². The molecule has 1 unspecified atom stereocenters. The zero-order valence-corrected chi connectivity index (χ0v) is 15.5. The van der Waals surface area contributed by atoms with Crippen LogP contribution in [-0.4, -0.2) is 74.7 Å². The van der Waals surface area contributed by atoms with E-state index in [4.69, 9.17) is 0 Å². The number of hydrogen-bond acceptors (Lipinski definition) is 4. The van der Waals surface area contributed by atoms with Crippen molar-refractivity contribution >= 4 is 17.3 Å². The van der Waals surface area contributed by atoms with Crippen molar-refractivity contribution in [2.45, 2.75) is 26.3 Å². The Bertz CT molecular complexity index is 452. The van der Waals surface area contributed by atoms with E-state index in [2.05, 4.69) is 56.8 Å². The van der Waals surface area contributed by atoms with Crippen LogP contribution in [0.5, 0.6) is 0 Å². The summed E-state index contributed by atoms with van der Waals surface area (Å²) in [6, 6.07) is 4.82. The van der Waals surface area contributed by atoms with Gasteiger partial charge in [-0.2, -0.15) is 0 Å². The van der Waals surface area contributed by atoms with E-state index in [1.54, 1.807) is 0 Å². The number of nitrogens with zero attached hydrogens (tertiary/aromatic N) is 3. The first-order valence-electron chi connectivity index (χ1n) is 8.66. The van der Waals surface area contributed by atoms with Crippen molar-refractivity contribution in [1.82, 2.24) is 20.4 Å². The topological polar surface area (TPSA) is 42.9 Å². The highest BCUT2D eigenvalue weighted by molar-refractivity contribution is 7.09. The monoisotopic (exact) mass is 337 g/mol. The van der Waals surface area contributed by atoms with Gasteiger partial charge in [0.1, 0.15) is 0 Å². The predicted molar refractivity (Wildman–Crippen MR) is 101 cm³/mol. The van der Waals surface area contributed by atoms with Crippen LogP contribution in [0, 0.1) is 0 Å². The van der Waals surface area contributed by atoms with Gasteiger partial charge in [-0.3, -0.25) is 9.89 Å². The van der Waals surface area contributed by atoms with Crippen LogP contribution in [0.1, 0.15) is 18.7 Å². The summed E-state index contributed by atoms with van der Waals surface area (Å²) < 4.78 is 0. The molecule has 6 heteroatoms. The van der Waals surface area contributed by atoms with Gasteiger partial charge in [0.05, 0.1) is 0 Å². The quantitative estimate of drug-likeness (QED) is 0.584. The molecule has 130 valence electrons. The lowest BCUT2D eigenvalue weighted by Crippen LogP contribution is -2.53. The molecule has 1 aromatic heterocycles. The summed E-state index contributed by atoms with van der Waals surface area (Å²) in [7, 11) is 1.84. The number of rotatable bonds is 7. The van der Waals surface area contributed by atoms with E-state index in [1.165, 1.54) is 37.6 Å². The van der Waals surface area contributed by atoms with Crippen molar-refractivity contribution in [1.29, 1.82) is 0 Å². The molecule has 1 aliphatic rings. The van der Waals surface area contributed by atoms with Gasteiger partial charge in [-0.1, -0.05) is 13.0 Å². The third kappa shape index (κ3) is 6.12. The minimum absolute atomic E-state index is 0.532. The molecule has 0 radical (unpaired) electrons. The Morgan fingerprint density at radius 1 is 1.30 bits per heavy atom. The summed E-state index contributed by atoms with van der Waals surface area (Å²) >= 11 is 1.81. The average molecular weight is 338 g/mol. The van der Waals surface area contributed by atoms with Crippen LogP contribution in [0.15, 0.2) is 22.5 Å². The maximum atomic E-state index is 4.32. The zero-order chi connectivity index (χ0) is 16.5. The van der Waals surface area contributed by atoms with E-state index in [0.717, 1.165) is 25.5 Å². The number of guanidine groups is 1. The maximum Gasteiger partial charge on any atom is 0.191 e. The molecule has 1 aliphatic heterocycles. The molecule has 0 aromatic carbocycles. The molecule has 1 aromatic rings. The van der Waals surface area contributed by atoms with Gasteiger partial charge in [0.25, 0.3) is 0 Å². The SMILES string of the molecule is CCN1CCN(C(C)CNC(=NC)NCCc2cccs2)CC1. The first-order valence-corrected chi connectivity index (χ1v) is 9.54. The first-order chi connectivity index (χ1) is 11.2. The highest BCUT2D eigenvalue weighted by atomic mass is 32.1. The van der Waals surface area contributed by atoms with E-state index in [9.17, 15) is 0 Å². The summed E-state index contributed by atoms with van der Waals surface area (Å²) in [6.45, 7) is 12.3. The minimum Gasteiger partial charge on any atom is -0.356 e. The fourth-order valence-electron chi connectivity index (χ4n) is 2.87. The molecule has 2 rings (SSSR count). The maximum absolute atomic E-state index is 4.32. The van der Waals surface area contributed by atoms with Crippen molar-refractivity contribution in [3.05, 3.63) is 22.4 Å². The van der Waals surface area contributed by atoms with Crippen molar-refractivity contribution < 1.29 is 0 Å². The minimum atomic E-state index is 0.532. The number of likely N-dealkylation sites (N-methyl/N-ethyl adjacent to an activating group) is 1. The summed E-state index contributed by atoms with van der Waals surface area (Å²) in [5, 5.41) is 8.99. The lowest BCUT2D eigenvalue weighted by Gasteiger charge is -2.37. The Hall–Kier alpha value is -1.11. The molecule has 2 heterocycles. The van der Waals surface area contributed by atoms with Crippen LogP contribution in [0.4, 0.5) is 0 Å². The van der Waals surface area contributed by atoms with Crippen molar-refractivity contribution in [3.63, 3.8) is 0 Å². The molecule has 1 fully saturated rings. The van der Waals surface area contributed by atoms with Crippen molar-refractivity contribution in [3.8, 4) is 0 Å². The smallest absolute Gasteiger partial charge is 0.191 e. The molecule has 0 saturated carbocycles. The van der Waals surface area contributed by atoms with Gasteiger partial charge < -0.3 is 15.5 Å². The van der Waals surface area contributed by atoms with Crippen LogP contribution < -0.4 is 10.6 Å². The van der Waals surface area contributed by atoms with Crippen LogP contribution in [0.25, 0.3) is 0 Å². The average Bonchev–Trinajstić information content (AvgIpc) is 3.11. The second kappa shape index (κ2) is 9.90. The number of piperazine rings is 1. The van der Waals surface area contributed by atoms with Gasteiger partial charge in [0.2, 0.25) is 0 Å². The Morgan fingerprint density at radius 2 is 2.09 bits per heavy atom. The van der Waals surface area contributed by atoms with Gasteiger partial charge in [0, 0.05) is 57.2 Å². The molecular weight excluding hydrogens is 306 g/mol. The molecular formula is C17H31N5S. The summed E-state index contributed by atoms with van der Waals surface area (Å²) in [5.41, 5.74) is 0. The molecule has 0 aliphatic carbocycles. The highest BCUT2D eigenvalue weighted by Crippen LogP contribution is 2.08. The van der Waals surface area contributed by atoms with Crippen molar-refractivity contribution in [2.75, 3.05) is 52.9 Å². The lowest BCUT2D eigenvalue weighted by atomic mass is 10.2. The number of hydrogen-bond donors (Lipinski definition) is 2. The molecule has 2 N–H and O–H groups in total. The van der Waals surface area contributed by atoms with Crippen LogP contribution in [0.3, 0.4) is 0 Å². The van der Waals surface area contributed by atoms with Crippen molar-refractivity contribution in [2.24, 2.45) is 4.99 Å². The van der Waals surface area contributed by atoms with Crippen LogP contribution >= 0.6 is 11.3 Å². The molecule has 1 atom stereocenters. The largest absolute Gasteiger partial charge is 0.356 e. The highest BCUT2D eigenvalue weighted by Gasteiger charge is 2.20. The molecule has 0 amide bonds. The zero-order valence-electron chi connectivity index (χ0n) is 14.7. The molecule has 0 bridgehead atoms. The van der Waals surface area contributed by atoms with E-state index in [-0.39, 0.29) is 0 Å². The van der Waals surface area contributed by atoms with Gasteiger partial charge in [0.15, 0.2) is 5.96 Å². The fourth-order valence-corrected chi connectivity index (χ4v) is 3.58. The Labute approximate surface area is 144 Å². The Balaban J connectivity index is 1.64. The van der Waals surface area contributed by atoms with E-state index in [1.807, 2.05) is 18.4 Å². The van der Waals surface area contributed by atoms with Gasteiger partial charge in [-0.25, -0.2) is 0 Å². The lowest BCUT2D eigenvalue weighted by molar-refractivity contribution is 0.107. The first kappa shape index (κ1) is 18.2. The van der Waals surface area contributed by atoms with Gasteiger partial charge in [-0.05, 0) is 31.3 Å². The molecule has 0 spiro atoms. The third-order valence-corrected chi connectivity index (χ3v) is 5.45. The van der Waals surface area contributed by atoms with Gasteiger partial charge >= 0.3 is 0 Å². The standard InChI is InChI=1S/C17H31N5S/c1-4-21-9-11-22(12-10-21)15(2)14-20-17(18-3)19-8-7-16-6-5-13-23-16/h5-6,13,15H,4,7-12,14H2,1-3H3,(H2,18,19,20). The predicted octanol–water partition coefficient (Wildman–Crippen LogP) is 1.48. The van der Waals surface area contributed by atoms with Gasteiger partial charge in [-0.15, -0.1) is 11.3 Å². The summed E-state index contributed by atoms with van der Waals surface area (Å²) in [6.07, 6.45) is 1.05. The number of nitrogens with one attached hydrogen (secondary N) is 2. The number of thiophene rings is 1. The summed E-state index contributed by atoms with van der Waals surface area (Å²) in [5.74, 6) is 0.903. The Kier molecular flexibility index (Phi) is 7.85. The second-order valence-corrected chi connectivity index (χ2v) is 7.06. The van der Waals surface area contributed by atoms with E-state index in [0.29, 0.717) is 6.04 Å². The summed E-state index contributed by atoms with van der Waals surface area (Å²) in [4.78, 5) is 10.8. The second-order valence-electron chi connectivity index (χ2n) is 6.03. The Morgan fingerprint density at radius 3 is 2.70 bits per heavy atom.